The maximum Gasteiger partial charge on any atom is 0.238 e. The number of unbranched alkanes of at least 4 members (excludes halogenated alkanes) is 1. The van der Waals surface area contributed by atoms with Crippen LogP contribution in [0.5, 0.6) is 0 Å². The van der Waals surface area contributed by atoms with E-state index in [1.807, 2.05) is 22.1 Å². The molecule has 0 aliphatic carbocycles. The summed E-state index contributed by atoms with van der Waals surface area (Å²) in [5, 5.41) is 7.94. The number of fused-ring (bicyclic) bond motifs is 1. The maximum absolute atomic E-state index is 12.5. The molecule has 0 spiro atoms. The van der Waals surface area contributed by atoms with Crippen molar-refractivity contribution in [1.29, 1.82) is 0 Å². The van der Waals surface area contributed by atoms with Crippen molar-refractivity contribution >= 4 is 50.1 Å². The minimum Gasteiger partial charge on any atom is -0.340 e. The van der Waals surface area contributed by atoms with E-state index < -0.39 is 10.0 Å². The van der Waals surface area contributed by atoms with E-state index in [9.17, 15) is 13.2 Å². The second-order valence-corrected chi connectivity index (χ2v) is 10.2. The van der Waals surface area contributed by atoms with E-state index in [1.165, 1.54) is 23.9 Å². The molecular weight excluding hydrogens is 428 g/mol. The largest absolute Gasteiger partial charge is 0.340 e. The Morgan fingerprint density at radius 3 is 2.79 bits per heavy atom. The Bertz CT molecular complexity index is 1090. The fourth-order valence-electron chi connectivity index (χ4n) is 2.87. The van der Waals surface area contributed by atoms with Crippen LogP contribution < -0.4 is 5.14 Å². The number of hydrogen-bond donors (Lipinski definition) is 1. The van der Waals surface area contributed by atoms with Crippen LogP contribution in [-0.4, -0.2) is 41.6 Å². The lowest BCUT2D eigenvalue weighted by atomic mass is 10.3. The molecule has 1 aromatic carbocycles. The molecule has 0 unspecified atom stereocenters. The van der Waals surface area contributed by atoms with Crippen LogP contribution in [0.1, 0.15) is 24.6 Å². The van der Waals surface area contributed by atoms with Crippen molar-refractivity contribution in [1.82, 2.24) is 14.5 Å². The molecule has 10 heteroatoms. The SMILES string of the molecule is CCCCn1c(SCC(=O)N(C)Cc2cccs2)nc2cc(S(N)(=O)=O)ccc21. The summed E-state index contributed by atoms with van der Waals surface area (Å²) < 4.78 is 25.3. The second kappa shape index (κ2) is 9.29. The molecule has 2 aromatic heterocycles. The summed E-state index contributed by atoms with van der Waals surface area (Å²) in [7, 11) is -2.00. The first kappa shape index (κ1) is 21.8. The molecule has 3 rings (SSSR count). The number of thiophene rings is 1. The molecule has 3 aromatic rings. The minimum absolute atomic E-state index is 0.0164. The molecule has 29 heavy (non-hydrogen) atoms. The van der Waals surface area contributed by atoms with Crippen LogP contribution in [-0.2, 0) is 27.9 Å². The van der Waals surface area contributed by atoms with Crippen LogP contribution in [0.15, 0.2) is 45.8 Å². The van der Waals surface area contributed by atoms with Gasteiger partial charge in [0.15, 0.2) is 5.16 Å². The van der Waals surface area contributed by atoms with E-state index in [-0.39, 0.29) is 16.6 Å². The topological polar surface area (TPSA) is 98.3 Å². The molecule has 0 saturated carbocycles. The smallest absolute Gasteiger partial charge is 0.238 e. The van der Waals surface area contributed by atoms with Crippen molar-refractivity contribution in [2.24, 2.45) is 5.14 Å². The number of hydrogen-bond acceptors (Lipinski definition) is 6. The Morgan fingerprint density at radius 2 is 2.14 bits per heavy atom. The van der Waals surface area contributed by atoms with Gasteiger partial charge in [-0.15, -0.1) is 11.3 Å². The summed E-state index contributed by atoms with van der Waals surface area (Å²) in [6.45, 7) is 3.44. The fraction of sp³-hybridized carbons (Fsp3) is 0.368. The number of amides is 1. The molecule has 7 nitrogen and oxygen atoms in total. The summed E-state index contributed by atoms with van der Waals surface area (Å²) in [4.78, 5) is 20.0. The van der Waals surface area contributed by atoms with E-state index in [0.29, 0.717) is 17.2 Å². The third-order valence-corrected chi connectivity index (χ3v) is 7.21. The number of thioether (sulfide) groups is 1. The zero-order chi connectivity index (χ0) is 21.0. The predicted molar refractivity (Wildman–Crippen MR) is 118 cm³/mol. The predicted octanol–water partition coefficient (Wildman–Crippen LogP) is 3.30. The molecule has 0 radical (unpaired) electrons. The Kier molecular flexibility index (Phi) is 6.99. The number of imidazole rings is 1. The monoisotopic (exact) mass is 452 g/mol. The van der Waals surface area contributed by atoms with Crippen molar-refractivity contribution in [3.05, 3.63) is 40.6 Å². The summed E-state index contributed by atoms with van der Waals surface area (Å²) in [5.74, 6) is 0.280. The van der Waals surface area contributed by atoms with Crippen molar-refractivity contribution in [3.63, 3.8) is 0 Å². The van der Waals surface area contributed by atoms with Crippen LogP contribution in [0.2, 0.25) is 0 Å². The zero-order valence-corrected chi connectivity index (χ0v) is 18.8. The molecule has 0 saturated heterocycles. The van der Waals surface area contributed by atoms with E-state index in [2.05, 4.69) is 11.9 Å². The van der Waals surface area contributed by atoms with Gasteiger partial charge in [0.2, 0.25) is 15.9 Å². The standard InChI is InChI=1S/C19H24N4O3S3/c1-3-4-9-23-17-8-7-15(29(20,25)26)11-16(17)21-19(23)28-13-18(24)22(2)12-14-6-5-10-27-14/h5-8,10-11H,3-4,9,12-13H2,1-2H3,(H2,20,25,26). The van der Waals surface area contributed by atoms with E-state index >= 15 is 0 Å². The van der Waals surface area contributed by atoms with E-state index in [4.69, 9.17) is 5.14 Å². The summed E-state index contributed by atoms with van der Waals surface area (Å²) in [5.41, 5.74) is 1.40. The van der Waals surface area contributed by atoms with Crippen molar-refractivity contribution < 1.29 is 13.2 Å². The third kappa shape index (κ3) is 5.39. The highest BCUT2D eigenvalue weighted by atomic mass is 32.2. The molecule has 0 bridgehead atoms. The Morgan fingerprint density at radius 1 is 1.34 bits per heavy atom. The lowest BCUT2D eigenvalue weighted by molar-refractivity contribution is -0.127. The highest BCUT2D eigenvalue weighted by Gasteiger charge is 2.17. The van der Waals surface area contributed by atoms with Crippen molar-refractivity contribution in [2.45, 2.75) is 42.9 Å². The summed E-state index contributed by atoms with van der Waals surface area (Å²) in [6.07, 6.45) is 1.98. The number of nitrogens with two attached hydrogens (primary N) is 1. The van der Waals surface area contributed by atoms with Gasteiger partial charge in [0.05, 0.1) is 28.2 Å². The number of aryl methyl sites for hydroxylation is 1. The lowest BCUT2D eigenvalue weighted by Gasteiger charge is -2.16. The lowest BCUT2D eigenvalue weighted by Crippen LogP contribution is -2.27. The van der Waals surface area contributed by atoms with Crippen LogP contribution >= 0.6 is 23.1 Å². The molecule has 2 heterocycles. The quantitative estimate of drug-likeness (QED) is 0.502. The Hall–Kier alpha value is -1.88. The van der Waals surface area contributed by atoms with Crippen LogP contribution in [0, 0.1) is 0 Å². The van der Waals surface area contributed by atoms with E-state index in [1.54, 1.807) is 29.4 Å². The van der Waals surface area contributed by atoms with Gasteiger partial charge >= 0.3 is 0 Å². The number of primary sulfonamides is 1. The average molecular weight is 453 g/mol. The van der Waals surface area contributed by atoms with Crippen molar-refractivity contribution in [3.8, 4) is 0 Å². The molecule has 0 aliphatic heterocycles. The van der Waals surface area contributed by atoms with Gasteiger partial charge in [-0.3, -0.25) is 4.79 Å². The van der Waals surface area contributed by atoms with Gasteiger partial charge in [0.1, 0.15) is 0 Å². The van der Waals surface area contributed by atoms with Gasteiger partial charge in [-0.25, -0.2) is 18.5 Å². The molecule has 156 valence electrons. The highest BCUT2D eigenvalue weighted by molar-refractivity contribution is 7.99. The van der Waals surface area contributed by atoms with Gasteiger partial charge < -0.3 is 9.47 Å². The maximum atomic E-state index is 12.5. The number of rotatable bonds is 9. The number of nitrogens with zero attached hydrogens (tertiary/aromatic N) is 3. The van der Waals surface area contributed by atoms with Crippen molar-refractivity contribution in [2.75, 3.05) is 12.8 Å². The van der Waals surface area contributed by atoms with Gasteiger partial charge in [0.25, 0.3) is 0 Å². The molecule has 0 atom stereocenters. The molecule has 0 fully saturated rings. The van der Waals surface area contributed by atoms with Crippen LogP contribution in [0.4, 0.5) is 0 Å². The highest BCUT2D eigenvalue weighted by Crippen LogP contribution is 2.27. The Labute approximate surface area is 179 Å². The van der Waals surface area contributed by atoms with Gasteiger partial charge in [-0.2, -0.15) is 0 Å². The number of aromatic nitrogens is 2. The van der Waals surface area contributed by atoms with Gasteiger partial charge in [-0.1, -0.05) is 31.2 Å². The number of sulfonamides is 1. The summed E-state index contributed by atoms with van der Waals surface area (Å²) >= 11 is 2.99. The second-order valence-electron chi connectivity index (χ2n) is 6.71. The van der Waals surface area contributed by atoms with Crippen LogP contribution in [0.25, 0.3) is 11.0 Å². The minimum atomic E-state index is -3.79. The third-order valence-electron chi connectivity index (χ3n) is 4.47. The fourth-order valence-corrected chi connectivity index (χ4v) is 5.14. The molecule has 1 amide bonds. The average Bonchev–Trinajstić information content (AvgIpc) is 3.30. The van der Waals surface area contributed by atoms with E-state index in [0.717, 1.165) is 29.8 Å². The molecular formula is C19H24N4O3S3. The Balaban J connectivity index is 1.80. The molecule has 0 aliphatic rings. The number of carbonyl (C=O) groups excluding carboxylic acids is 1. The number of carbonyl (C=O) groups is 1. The van der Waals surface area contributed by atoms with Gasteiger partial charge in [-0.05, 0) is 36.1 Å². The summed E-state index contributed by atoms with van der Waals surface area (Å²) in [6, 6.07) is 8.69. The van der Waals surface area contributed by atoms with Crippen LogP contribution in [0.3, 0.4) is 0 Å². The normalized spacial score (nSPS) is 11.8. The first-order valence-electron chi connectivity index (χ1n) is 9.22. The molecule has 2 N–H and O–H groups in total. The first-order valence-corrected chi connectivity index (χ1v) is 12.6. The van der Waals surface area contributed by atoms with Gasteiger partial charge in [0, 0.05) is 18.5 Å². The zero-order valence-electron chi connectivity index (χ0n) is 16.4. The number of benzene rings is 1. The first-order chi connectivity index (χ1) is 13.8.